The molecule has 3 aromatic carbocycles. The first-order valence-corrected chi connectivity index (χ1v) is 30.1. The Labute approximate surface area is 433 Å². The molecular formula is C61H86N6O2S2. The van der Waals surface area contributed by atoms with E-state index in [-0.39, 0.29) is 11.1 Å². The average molecular weight is 1000 g/mol. The Kier molecular flexibility index (Phi) is 23.3. The molecule has 0 amide bonds. The molecule has 0 aliphatic carbocycles. The Bertz CT molecular complexity index is 2450. The molecule has 4 aromatic heterocycles. The van der Waals surface area contributed by atoms with Crippen LogP contribution in [0.5, 0.6) is 0 Å². The lowest BCUT2D eigenvalue weighted by molar-refractivity contribution is 0.531. The molecule has 0 atom stereocenters. The standard InChI is InChI=1S/C61H86N6O2S2/c1-3-5-7-9-11-13-15-17-19-21-23-25-27-29-34-44-51-56(58(68)66(64-51)60-62-49-42-36-38-46-53(49)70-60)55(48-40-32-31-33-41-48)57-52(65-67(59(57)69)61-63-50-43-37-39-47-54(50)71-61)45-35-30-28-26-24-22-20-18-16-14-12-10-8-6-4-2/h31-33,36-43,46-47,55,64-65H,3-30,34-35,44-45H2,1-2H3. The average Bonchev–Trinajstić information content (AvgIpc) is 4.18. The van der Waals surface area contributed by atoms with Crippen LogP contribution in [0.1, 0.15) is 240 Å². The van der Waals surface area contributed by atoms with Crippen molar-refractivity contribution in [3.05, 3.63) is 128 Å². The summed E-state index contributed by atoms with van der Waals surface area (Å²) >= 11 is 3.04. The lowest BCUT2D eigenvalue weighted by atomic mass is 9.83. The number of nitrogens with one attached hydrogen (secondary N) is 2. The molecule has 7 aromatic rings. The molecule has 4 heterocycles. The highest BCUT2D eigenvalue weighted by Crippen LogP contribution is 2.35. The van der Waals surface area contributed by atoms with Gasteiger partial charge in [-0.05, 0) is 55.5 Å². The Balaban J connectivity index is 1.08. The van der Waals surface area contributed by atoms with E-state index in [2.05, 4.69) is 48.3 Å². The number of hydrogen-bond donors (Lipinski definition) is 2. The van der Waals surface area contributed by atoms with Gasteiger partial charge in [0, 0.05) is 17.3 Å². The van der Waals surface area contributed by atoms with Crippen LogP contribution in [0.25, 0.3) is 30.7 Å². The zero-order valence-electron chi connectivity index (χ0n) is 43.6. The molecular weight excluding hydrogens is 913 g/mol. The highest BCUT2D eigenvalue weighted by molar-refractivity contribution is 7.21. The van der Waals surface area contributed by atoms with Gasteiger partial charge in [-0.25, -0.2) is 9.97 Å². The predicted molar refractivity (Wildman–Crippen MR) is 304 cm³/mol. The van der Waals surface area contributed by atoms with Crippen molar-refractivity contribution in [3.8, 4) is 10.3 Å². The molecule has 384 valence electrons. The molecule has 7 rings (SSSR count). The second-order valence-corrected chi connectivity index (χ2v) is 22.5. The summed E-state index contributed by atoms with van der Waals surface area (Å²) in [4.78, 5) is 40.5. The molecule has 0 aliphatic rings. The van der Waals surface area contributed by atoms with Gasteiger partial charge in [0.2, 0.25) is 10.3 Å². The van der Waals surface area contributed by atoms with Gasteiger partial charge >= 0.3 is 0 Å². The van der Waals surface area contributed by atoms with Crippen LogP contribution in [-0.4, -0.2) is 29.5 Å². The maximum atomic E-state index is 15.3. The van der Waals surface area contributed by atoms with Crippen LogP contribution in [0, 0.1) is 0 Å². The van der Waals surface area contributed by atoms with Crippen molar-refractivity contribution in [1.82, 2.24) is 29.5 Å². The molecule has 0 bridgehead atoms. The lowest BCUT2D eigenvalue weighted by Gasteiger charge is -2.17. The van der Waals surface area contributed by atoms with Crippen molar-refractivity contribution in [2.24, 2.45) is 0 Å². The van der Waals surface area contributed by atoms with Gasteiger partial charge in [-0.1, -0.05) is 271 Å². The van der Waals surface area contributed by atoms with Crippen molar-refractivity contribution in [2.75, 3.05) is 0 Å². The molecule has 10 heteroatoms. The van der Waals surface area contributed by atoms with E-state index in [0.29, 0.717) is 21.4 Å². The normalized spacial score (nSPS) is 11.9. The third kappa shape index (κ3) is 16.2. The maximum Gasteiger partial charge on any atom is 0.277 e. The van der Waals surface area contributed by atoms with Crippen molar-refractivity contribution in [2.45, 2.75) is 225 Å². The van der Waals surface area contributed by atoms with E-state index in [4.69, 9.17) is 9.97 Å². The fraction of sp³-hybridized carbons (Fsp3) is 0.574. The number of para-hydroxylation sites is 2. The minimum Gasteiger partial charge on any atom is -0.293 e. The van der Waals surface area contributed by atoms with Gasteiger partial charge in [0.1, 0.15) is 0 Å². The molecule has 0 radical (unpaired) electrons. The summed E-state index contributed by atoms with van der Waals surface area (Å²) in [5, 5.41) is 8.46. The van der Waals surface area contributed by atoms with Crippen molar-refractivity contribution >= 4 is 43.1 Å². The van der Waals surface area contributed by atoms with Crippen LogP contribution < -0.4 is 11.1 Å². The fourth-order valence-corrected chi connectivity index (χ4v) is 12.5. The predicted octanol–water partition coefficient (Wildman–Crippen LogP) is 17.9. The number of unbranched alkanes of at least 4 members (excludes halogenated alkanes) is 28. The van der Waals surface area contributed by atoms with E-state index < -0.39 is 5.92 Å². The second kappa shape index (κ2) is 30.5. The topological polar surface area (TPSA) is 101 Å². The third-order valence-electron chi connectivity index (χ3n) is 14.7. The molecule has 71 heavy (non-hydrogen) atoms. The van der Waals surface area contributed by atoms with E-state index in [1.807, 2.05) is 54.6 Å². The molecule has 0 aliphatic heterocycles. The van der Waals surface area contributed by atoms with Crippen LogP contribution >= 0.6 is 22.7 Å². The largest absolute Gasteiger partial charge is 0.293 e. The number of nitrogens with zero attached hydrogens (tertiary/aromatic N) is 4. The summed E-state index contributed by atoms with van der Waals surface area (Å²) in [5.74, 6) is -0.590. The van der Waals surface area contributed by atoms with Crippen LogP contribution in [0.2, 0.25) is 0 Å². The van der Waals surface area contributed by atoms with E-state index >= 15 is 9.59 Å². The highest BCUT2D eigenvalue weighted by Gasteiger charge is 2.33. The van der Waals surface area contributed by atoms with Gasteiger partial charge in [0.15, 0.2) is 0 Å². The Hall–Kier alpha value is -4.54. The first kappa shape index (κ1) is 54.2. The number of aryl methyl sites for hydroxylation is 2. The summed E-state index contributed by atoms with van der Waals surface area (Å²) in [6, 6.07) is 26.4. The molecule has 0 unspecified atom stereocenters. The highest BCUT2D eigenvalue weighted by atomic mass is 32.1. The number of H-pyrrole nitrogens is 2. The molecule has 0 saturated heterocycles. The minimum atomic E-state index is -0.590. The first-order valence-electron chi connectivity index (χ1n) is 28.5. The maximum absolute atomic E-state index is 15.3. The molecule has 0 saturated carbocycles. The number of rotatable bonds is 37. The second-order valence-electron chi connectivity index (χ2n) is 20.5. The summed E-state index contributed by atoms with van der Waals surface area (Å²) in [5.41, 5.74) is 5.47. The summed E-state index contributed by atoms with van der Waals surface area (Å²) < 4.78 is 5.38. The van der Waals surface area contributed by atoms with Gasteiger partial charge in [-0.15, -0.1) is 0 Å². The van der Waals surface area contributed by atoms with Crippen LogP contribution in [0.3, 0.4) is 0 Å². The zero-order chi connectivity index (χ0) is 49.3. The molecule has 2 N–H and O–H groups in total. The van der Waals surface area contributed by atoms with E-state index in [0.717, 1.165) is 75.9 Å². The number of aromatic nitrogens is 6. The smallest absolute Gasteiger partial charge is 0.277 e. The molecule has 0 fully saturated rings. The van der Waals surface area contributed by atoms with Crippen molar-refractivity contribution in [1.29, 1.82) is 0 Å². The van der Waals surface area contributed by atoms with Crippen LogP contribution in [0.15, 0.2) is 88.5 Å². The fourth-order valence-electron chi connectivity index (χ4n) is 10.6. The SMILES string of the molecule is CCCCCCCCCCCCCCCCCc1[nH]n(-c2nc3ccccc3s2)c(=O)c1C(c1ccccc1)c1c(CCCCCCCCCCCCCCCCC)[nH]n(-c2nc3ccccc3s2)c1=O. The number of thiazole rings is 2. The Morgan fingerprint density at radius 3 is 1.06 bits per heavy atom. The minimum absolute atomic E-state index is 0.140. The first-order chi connectivity index (χ1) is 35.1. The number of benzene rings is 3. The van der Waals surface area contributed by atoms with Crippen LogP contribution in [-0.2, 0) is 12.8 Å². The monoisotopic (exact) mass is 999 g/mol. The Morgan fingerprint density at radius 1 is 0.408 bits per heavy atom. The van der Waals surface area contributed by atoms with Crippen LogP contribution in [0.4, 0.5) is 0 Å². The lowest BCUT2D eigenvalue weighted by Crippen LogP contribution is -2.25. The number of aromatic amines is 2. The van der Waals surface area contributed by atoms with E-state index in [9.17, 15) is 0 Å². The molecule has 8 nitrogen and oxygen atoms in total. The third-order valence-corrected chi connectivity index (χ3v) is 16.8. The Morgan fingerprint density at radius 2 is 0.718 bits per heavy atom. The number of hydrogen-bond acceptors (Lipinski definition) is 6. The van der Waals surface area contributed by atoms with Gasteiger partial charge in [0.05, 0.1) is 31.6 Å². The number of fused-ring (bicyclic) bond motifs is 2. The van der Waals surface area contributed by atoms with Crippen molar-refractivity contribution in [3.63, 3.8) is 0 Å². The van der Waals surface area contributed by atoms with Gasteiger partial charge in [0.25, 0.3) is 11.1 Å². The molecule has 0 spiro atoms. The van der Waals surface area contributed by atoms with Gasteiger partial charge < -0.3 is 0 Å². The van der Waals surface area contributed by atoms with Crippen molar-refractivity contribution < 1.29 is 0 Å². The van der Waals surface area contributed by atoms with E-state index in [1.165, 1.54) is 190 Å². The van der Waals surface area contributed by atoms with Gasteiger partial charge in [-0.3, -0.25) is 19.8 Å². The summed E-state index contributed by atoms with van der Waals surface area (Å²) in [6.07, 6.45) is 40.4. The summed E-state index contributed by atoms with van der Waals surface area (Å²) in [6.45, 7) is 4.58. The zero-order valence-corrected chi connectivity index (χ0v) is 45.3. The quantitative estimate of drug-likeness (QED) is 0.0379. The van der Waals surface area contributed by atoms with Gasteiger partial charge in [-0.2, -0.15) is 9.36 Å². The summed E-state index contributed by atoms with van der Waals surface area (Å²) in [7, 11) is 0. The van der Waals surface area contributed by atoms with E-state index in [1.54, 1.807) is 9.36 Å².